The van der Waals surface area contributed by atoms with Crippen molar-refractivity contribution in [2.24, 2.45) is 0 Å². The van der Waals surface area contributed by atoms with Crippen molar-refractivity contribution in [3.63, 3.8) is 0 Å². The minimum absolute atomic E-state index is 0.0382. The van der Waals surface area contributed by atoms with Crippen LogP contribution in [0.5, 0.6) is 0 Å². The molecule has 0 atom stereocenters. The van der Waals surface area contributed by atoms with Crippen LogP contribution in [0.1, 0.15) is 21.7 Å². The van der Waals surface area contributed by atoms with Crippen LogP contribution in [0.3, 0.4) is 0 Å². The Balaban J connectivity index is 2.06. The molecule has 2 aromatic rings. The van der Waals surface area contributed by atoms with E-state index in [1.54, 1.807) is 12.3 Å². The SMILES string of the molecule is O=C(Nc1ncc(C#CCCO)s1)c1cc(Br)sc1Br. The van der Waals surface area contributed by atoms with E-state index in [2.05, 4.69) is 54.0 Å². The third kappa shape index (κ3) is 4.14. The molecular weight excluding hydrogens is 428 g/mol. The number of amides is 1. The molecule has 1 amide bonds. The summed E-state index contributed by atoms with van der Waals surface area (Å²) < 4.78 is 1.64. The number of nitrogens with zero attached hydrogens (tertiary/aromatic N) is 1. The number of rotatable bonds is 3. The number of carbonyl (C=O) groups excluding carboxylic acids is 1. The van der Waals surface area contributed by atoms with Gasteiger partial charge in [0, 0.05) is 6.42 Å². The summed E-state index contributed by atoms with van der Waals surface area (Å²) in [7, 11) is 0. The number of aromatic nitrogens is 1. The van der Waals surface area contributed by atoms with Crippen LogP contribution in [0.4, 0.5) is 5.13 Å². The number of nitrogens with one attached hydrogen (secondary N) is 1. The van der Waals surface area contributed by atoms with Crippen LogP contribution in [0, 0.1) is 11.8 Å². The highest BCUT2D eigenvalue weighted by molar-refractivity contribution is 9.12. The maximum atomic E-state index is 12.1. The molecule has 2 rings (SSSR count). The molecule has 0 spiro atoms. The zero-order valence-electron chi connectivity index (χ0n) is 9.94. The van der Waals surface area contributed by atoms with E-state index in [-0.39, 0.29) is 12.5 Å². The molecule has 104 valence electrons. The van der Waals surface area contributed by atoms with E-state index >= 15 is 0 Å². The molecule has 0 radical (unpaired) electrons. The Morgan fingerprint density at radius 2 is 2.25 bits per heavy atom. The molecule has 2 heterocycles. The van der Waals surface area contributed by atoms with Crippen LogP contribution < -0.4 is 5.32 Å². The summed E-state index contributed by atoms with van der Waals surface area (Å²) in [6.07, 6.45) is 2.03. The maximum Gasteiger partial charge on any atom is 0.259 e. The summed E-state index contributed by atoms with van der Waals surface area (Å²) in [5.41, 5.74) is 0.560. The second-order valence-electron chi connectivity index (χ2n) is 3.50. The van der Waals surface area contributed by atoms with Gasteiger partial charge in [-0.05, 0) is 37.9 Å². The lowest BCUT2D eigenvalue weighted by Crippen LogP contribution is -2.10. The third-order valence-electron chi connectivity index (χ3n) is 2.08. The van der Waals surface area contributed by atoms with Gasteiger partial charge in [-0.3, -0.25) is 10.1 Å². The Morgan fingerprint density at radius 1 is 1.45 bits per heavy atom. The average molecular weight is 436 g/mol. The Labute approximate surface area is 140 Å². The monoisotopic (exact) mass is 434 g/mol. The number of aliphatic hydroxyl groups is 1. The van der Waals surface area contributed by atoms with Crippen molar-refractivity contribution in [3.8, 4) is 11.8 Å². The minimum Gasteiger partial charge on any atom is -0.395 e. The summed E-state index contributed by atoms with van der Waals surface area (Å²) in [6.45, 7) is 0.0382. The molecule has 0 aliphatic rings. The molecule has 4 nitrogen and oxygen atoms in total. The van der Waals surface area contributed by atoms with E-state index in [1.165, 1.54) is 22.7 Å². The van der Waals surface area contributed by atoms with Gasteiger partial charge >= 0.3 is 0 Å². The standard InChI is InChI=1S/C12H8Br2N2O2S2/c13-9-5-8(10(14)20-9)11(18)16-12-15-6-7(19-12)3-1-2-4-17/h5-6,17H,2,4H2,(H,15,16,18). The molecule has 8 heteroatoms. The van der Waals surface area contributed by atoms with Gasteiger partial charge in [-0.15, -0.1) is 11.3 Å². The van der Waals surface area contributed by atoms with Gasteiger partial charge in [0.15, 0.2) is 5.13 Å². The highest BCUT2D eigenvalue weighted by Gasteiger charge is 2.15. The zero-order valence-corrected chi connectivity index (χ0v) is 14.7. The first-order chi connectivity index (χ1) is 9.60. The average Bonchev–Trinajstić information content (AvgIpc) is 2.96. The van der Waals surface area contributed by atoms with Crippen molar-refractivity contribution >= 4 is 65.6 Å². The second kappa shape index (κ2) is 7.33. The fraction of sp³-hybridized carbons (Fsp3) is 0.167. The Hall–Kier alpha value is -0.720. The summed E-state index contributed by atoms with van der Waals surface area (Å²) >= 11 is 9.41. The predicted octanol–water partition coefficient (Wildman–Crippen LogP) is 3.72. The van der Waals surface area contributed by atoms with E-state index < -0.39 is 0 Å². The molecule has 0 aliphatic heterocycles. The normalized spacial score (nSPS) is 9.95. The summed E-state index contributed by atoms with van der Waals surface area (Å²) in [4.78, 5) is 16.9. The second-order valence-corrected chi connectivity index (χ2v) is 8.28. The van der Waals surface area contributed by atoms with Crippen LogP contribution in [0.2, 0.25) is 0 Å². The Bertz CT molecular complexity index is 685. The van der Waals surface area contributed by atoms with Crippen molar-refractivity contribution in [2.45, 2.75) is 6.42 Å². The molecule has 0 saturated heterocycles. The predicted molar refractivity (Wildman–Crippen MR) is 88.4 cm³/mol. The number of carbonyl (C=O) groups is 1. The molecule has 0 unspecified atom stereocenters. The zero-order chi connectivity index (χ0) is 14.5. The highest BCUT2D eigenvalue weighted by atomic mass is 79.9. The number of hydrogen-bond acceptors (Lipinski definition) is 5. The number of aliphatic hydroxyl groups excluding tert-OH is 1. The van der Waals surface area contributed by atoms with E-state index in [1.807, 2.05) is 0 Å². The molecule has 0 fully saturated rings. The molecule has 0 aliphatic carbocycles. The lowest BCUT2D eigenvalue weighted by atomic mass is 10.3. The molecule has 0 aromatic carbocycles. The fourth-order valence-electron chi connectivity index (χ4n) is 1.25. The van der Waals surface area contributed by atoms with Crippen LogP contribution in [0.15, 0.2) is 19.8 Å². The molecular formula is C12H8Br2N2O2S2. The number of thiazole rings is 1. The Morgan fingerprint density at radius 3 is 2.90 bits per heavy atom. The molecule has 2 aromatic heterocycles. The van der Waals surface area contributed by atoms with Gasteiger partial charge in [0.05, 0.1) is 30.8 Å². The topological polar surface area (TPSA) is 62.2 Å². The van der Waals surface area contributed by atoms with Gasteiger partial charge in [0.2, 0.25) is 0 Å². The van der Waals surface area contributed by atoms with E-state index in [0.717, 1.165) is 12.4 Å². The smallest absolute Gasteiger partial charge is 0.259 e. The van der Waals surface area contributed by atoms with Crippen molar-refractivity contribution < 1.29 is 9.90 Å². The molecule has 20 heavy (non-hydrogen) atoms. The molecule has 0 saturated carbocycles. The maximum absolute atomic E-state index is 12.1. The fourth-order valence-corrected chi connectivity index (χ4v) is 4.73. The number of thiophene rings is 1. The van der Waals surface area contributed by atoms with Crippen molar-refractivity contribution in [1.82, 2.24) is 4.98 Å². The van der Waals surface area contributed by atoms with Gasteiger partial charge in [-0.2, -0.15) is 0 Å². The van der Waals surface area contributed by atoms with Gasteiger partial charge in [-0.1, -0.05) is 23.2 Å². The first-order valence-electron chi connectivity index (χ1n) is 5.42. The molecule has 0 bridgehead atoms. The van der Waals surface area contributed by atoms with Crippen molar-refractivity contribution in [3.05, 3.63) is 30.3 Å². The number of anilines is 1. The first kappa shape index (κ1) is 15.7. The van der Waals surface area contributed by atoms with Crippen LogP contribution >= 0.6 is 54.5 Å². The largest absolute Gasteiger partial charge is 0.395 e. The minimum atomic E-state index is -0.219. The summed E-state index contributed by atoms with van der Waals surface area (Å²) in [5.74, 6) is 5.46. The Kier molecular flexibility index (Phi) is 5.74. The van der Waals surface area contributed by atoms with Crippen LogP contribution in [-0.2, 0) is 0 Å². The quantitative estimate of drug-likeness (QED) is 0.722. The lowest BCUT2D eigenvalue weighted by Gasteiger charge is -1.98. The summed E-state index contributed by atoms with van der Waals surface area (Å²) in [6, 6.07) is 1.75. The van der Waals surface area contributed by atoms with Crippen molar-refractivity contribution in [1.29, 1.82) is 0 Å². The highest BCUT2D eigenvalue weighted by Crippen LogP contribution is 2.32. The van der Waals surface area contributed by atoms with Gasteiger partial charge < -0.3 is 5.11 Å². The number of hydrogen-bond donors (Lipinski definition) is 2. The van der Waals surface area contributed by atoms with Crippen molar-refractivity contribution in [2.75, 3.05) is 11.9 Å². The first-order valence-corrected chi connectivity index (χ1v) is 8.64. The third-order valence-corrected chi connectivity index (χ3v) is 5.24. The van der Waals surface area contributed by atoms with Crippen LogP contribution in [0.25, 0.3) is 0 Å². The van der Waals surface area contributed by atoms with Crippen LogP contribution in [-0.4, -0.2) is 22.6 Å². The van der Waals surface area contributed by atoms with E-state index in [9.17, 15) is 4.79 Å². The van der Waals surface area contributed by atoms with Gasteiger partial charge in [-0.25, -0.2) is 4.98 Å². The van der Waals surface area contributed by atoms with E-state index in [0.29, 0.717) is 17.1 Å². The lowest BCUT2D eigenvalue weighted by molar-refractivity contribution is 0.102. The van der Waals surface area contributed by atoms with Gasteiger partial charge in [0.1, 0.15) is 0 Å². The van der Waals surface area contributed by atoms with E-state index in [4.69, 9.17) is 5.11 Å². The molecule has 2 N–H and O–H groups in total. The van der Waals surface area contributed by atoms with Gasteiger partial charge in [0.25, 0.3) is 5.91 Å². The number of halogens is 2. The summed E-state index contributed by atoms with van der Waals surface area (Å²) in [5, 5.41) is 11.9.